The fourth-order valence-electron chi connectivity index (χ4n) is 3.70. The summed E-state index contributed by atoms with van der Waals surface area (Å²) in [6, 6.07) is 2.89. The molecule has 1 heterocycles. The predicted octanol–water partition coefficient (Wildman–Crippen LogP) is 4.48. The number of hydrogen-bond acceptors (Lipinski definition) is 7. The molecule has 0 aliphatic carbocycles. The number of carbonyl (C=O) groups is 1. The summed E-state index contributed by atoms with van der Waals surface area (Å²) in [7, 11) is -7.48. The van der Waals surface area contributed by atoms with Gasteiger partial charge in [0, 0.05) is 18.4 Å². The van der Waals surface area contributed by atoms with Crippen LogP contribution in [0.1, 0.15) is 80.2 Å². The van der Waals surface area contributed by atoms with E-state index < -0.39 is 25.7 Å². The van der Waals surface area contributed by atoms with E-state index in [4.69, 9.17) is 4.18 Å². The van der Waals surface area contributed by atoms with E-state index in [9.17, 15) is 21.6 Å². The molecule has 0 N–H and O–H groups in total. The first-order valence-corrected chi connectivity index (χ1v) is 14.6. The molecule has 1 aromatic carbocycles. The topological polar surface area (TPSA) is 112 Å². The zero-order valence-corrected chi connectivity index (χ0v) is 22.8. The van der Waals surface area contributed by atoms with E-state index in [0.717, 1.165) is 17.4 Å². The summed E-state index contributed by atoms with van der Waals surface area (Å²) in [4.78, 5) is 13.9. The van der Waals surface area contributed by atoms with Gasteiger partial charge < -0.3 is 4.18 Å². The van der Waals surface area contributed by atoms with E-state index in [1.807, 2.05) is 27.7 Å². The molecule has 0 aliphatic rings. The molecule has 10 heteroatoms. The molecule has 0 radical (unpaired) electrons. The van der Waals surface area contributed by atoms with Crippen LogP contribution in [0, 0.1) is 13.8 Å². The van der Waals surface area contributed by atoms with Gasteiger partial charge in [0.05, 0.1) is 16.3 Å². The molecule has 0 atom stereocenters. The maximum Gasteiger partial charge on any atom is 0.310 e. The first-order chi connectivity index (χ1) is 15.7. The zero-order valence-electron chi connectivity index (χ0n) is 21.1. The number of nitrogens with zero attached hydrogens (tertiary/aromatic N) is 2. The number of allylic oxidation sites excluding steroid dienone is 2. The Balaban J connectivity index is 2.78. The molecular weight excluding hydrogens is 476 g/mol. The Morgan fingerprint density at radius 2 is 1.65 bits per heavy atom. The van der Waals surface area contributed by atoms with Gasteiger partial charge in [-0.1, -0.05) is 18.9 Å². The molecule has 0 unspecified atom stereocenters. The van der Waals surface area contributed by atoms with Crippen molar-refractivity contribution in [3.8, 4) is 5.88 Å². The second-order valence-corrected chi connectivity index (χ2v) is 12.3. The largest absolute Gasteiger partial charge is 0.361 e. The van der Waals surface area contributed by atoms with Crippen molar-refractivity contribution in [2.24, 2.45) is 0 Å². The summed E-state index contributed by atoms with van der Waals surface area (Å²) in [5.74, 6) is -0.761. The minimum atomic E-state index is -3.92. The number of rotatable bonds is 10. The molecule has 2 aromatic rings. The van der Waals surface area contributed by atoms with Crippen molar-refractivity contribution in [3.05, 3.63) is 45.7 Å². The number of ketones is 1. The van der Waals surface area contributed by atoms with Crippen molar-refractivity contribution in [3.63, 3.8) is 0 Å². The lowest BCUT2D eigenvalue weighted by Gasteiger charge is -2.17. The molecule has 0 spiro atoms. The van der Waals surface area contributed by atoms with Gasteiger partial charge >= 0.3 is 10.1 Å². The molecule has 1 aromatic heterocycles. The fraction of sp³-hybridized carbons (Fsp3) is 0.500. The van der Waals surface area contributed by atoms with Crippen molar-refractivity contribution in [2.45, 2.75) is 72.7 Å². The number of unbranched alkanes of at least 4 members (excludes halogenated alkanes) is 1. The lowest BCUT2D eigenvalue weighted by atomic mass is 9.91. The van der Waals surface area contributed by atoms with Gasteiger partial charge in [0.15, 0.2) is 9.84 Å². The van der Waals surface area contributed by atoms with Crippen molar-refractivity contribution < 1.29 is 25.8 Å². The van der Waals surface area contributed by atoms with E-state index in [1.54, 1.807) is 20.8 Å². The lowest BCUT2D eigenvalue weighted by molar-refractivity contribution is 0.103. The van der Waals surface area contributed by atoms with Gasteiger partial charge in [0.1, 0.15) is 5.56 Å². The van der Waals surface area contributed by atoms with Gasteiger partial charge in [-0.05, 0) is 76.8 Å². The first kappa shape index (κ1) is 27.8. The van der Waals surface area contributed by atoms with Gasteiger partial charge in [0.2, 0.25) is 11.7 Å². The SMILES string of the molecule is CCCCS(=O)(=O)Oc1c(C(=O)c2ccc(S(C)(=O)=O)c(C(C)=C(C)C)c2C)c(C)nn1CC. The Morgan fingerprint density at radius 1 is 1.03 bits per heavy atom. The Hall–Kier alpha value is -2.46. The Bertz CT molecular complexity index is 1350. The second-order valence-electron chi connectivity index (χ2n) is 8.62. The molecule has 34 heavy (non-hydrogen) atoms. The molecule has 0 fully saturated rings. The molecule has 0 saturated heterocycles. The standard InChI is InChI=1S/C24H34N2O6S2/c1-9-11-14-34(30,31)32-24-22(18(7)25-26(24)10-2)23(27)19-12-13-20(33(8,28)29)21(17(19)6)16(5)15(3)4/h12-13H,9-11,14H2,1-8H3. The maximum absolute atomic E-state index is 13.7. The second kappa shape index (κ2) is 10.4. The van der Waals surface area contributed by atoms with Crippen LogP contribution in [-0.4, -0.2) is 44.4 Å². The van der Waals surface area contributed by atoms with Crippen LogP contribution < -0.4 is 4.18 Å². The first-order valence-electron chi connectivity index (χ1n) is 11.2. The molecule has 0 aliphatic heterocycles. The molecule has 2 rings (SSSR count). The average Bonchev–Trinajstić information content (AvgIpc) is 3.04. The van der Waals surface area contributed by atoms with Crippen LogP contribution in [0.25, 0.3) is 5.57 Å². The smallest absolute Gasteiger partial charge is 0.310 e. The predicted molar refractivity (Wildman–Crippen MR) is 134 cm³/mol. The number of benzene rings is 1. The number of carbonyl (C=O) groups excluding carboxylic acids is 1. The summed E-state index contributed by atoms with van der Waals surface area (Å²) in [5.41, 5.74) is 3.29. The van der Waals surface area contributed by atoms with E-state index in [2.05, 4.69) is 5.10 Å². The van der Waals surface area contributed by atoms with Crippen LogP contribution in [0.3, 0.4) is 0 Å². The Labute approximate surface area is 203 Å². The van der Waals surface area contributed by atoms with E-state index in [0.29, 0.717) is 36.2 Å². The highest BCUT2D eigenvalue weighted by molar-refractivity contribution is 7.90. The van der Waals surface area contributed by atoms with Crippen LogP contribution in [0.4, 0.5) is 0 Å². The van der Waals surface area contributed by atoms with Crippen LogP contribution in [0.15, 0.2) is 22.6 Å². The third kappa shape index (κ3) is 5.78. The van der Waals surface area contributed by atoms with Gasteiger partial charge in [-0.25, -0.2) is 13.1 Å². The van der Waals surface area contributed by atoms with Gasteiger partial charge in [0.25, 0.3) is 0 Å². The van der Waals surface area contributed by atoms with E-state index in [-0.39, 0.29) is 27.7 Å². The Kier molecular flexibility index (Phi) is 8.53. The van der Waals surface area contributed by atoms with E-state index >= 15 is 0 Å². The quantitative estimate of drug-likeness (QED) is 0.342. The highest BCUT2D eigenvalue weighted by atomic mass is 32.2. The van der Waals surface area contributed by atoms with Gasteiger partial charge in [-0.15, -0.1) is 0 Å². The number of sulfone groups is 1. The molecular formula is C24H34N2O6S2. The lowest BCUT2D eigenvalue weighted by Crippen LogP contribution is -2.18. The van der Waals surface area contributed by atoms with Gasteiger partial charge in [-0.2, -0.15) is 13.5 Å². The number of aryl methyl sites for hydroxylation is 2. The third-order valence-electron chi connectivity index (χ3n) is 5.76. The monoisotopic (exact) mass is 510 g/mol. The zero-order chi connectivity index (χ0) is 26.0. The van der Waals surface area contributed by atoms with Crippen molar-refractivity contribution in [2.75, 3.05) is 12.0 Å². The van der Waals surface area contributed by atoms with Crippen molar-refractivity contribution in [1.29, 1.82) is 0 Å². The summed E-state index contributed by atoms with van der Waals surface area (Å²) in [5, 5.41) is 4.31. The summed E-state index contributed by atoms with van der Waals surface area (Å²) >= 11 is 0. The highest BCUT2D eigenvalue weighted by Gasteiger charge is 2.30. The minimum Gasteiger partial charge on any atom is -0.361 e. The Morgan fingerprint density at radius 3 is 2.15 bits per heavy atom. The number of hydrogen-bond donors (Lipinski definition) is 0. The number of aromatic nitrogens is 2. The van der Waals surface area contributed by atoms with E-state index in [1.165, 1.54) is 16.8 Å². The minimum absolute atomic E-state index is 0.0536. The summed E-state index contributed by atoms with van der Waals surface area (Å²) in [6.07, 6.45) is 2.24. The molecule has 0 saturated carbocycles. The van der Waals surface area contributed by atoms with Crippen molar-refractivity contribution in [1.82, 2.24) is 9.78 Å². The van der Waals surface area contributed by atoms with Crippen LogP contribution in [0.5, 0.6) is 5.88 Å². The van der Waals surface area contributed by atoms with Crippen LogP contribution in [-0.2, 0) is 26.5 Å². The molecule has 0 bridgehead atoms. The fourth-order valence-corrected chi connectivity index (χ4v) is 5.82. The van der Waals surface area contributed by atoms with Crippen LogP contribution in [0.2, 0.25) is 0 Å². The maximum atomic E-state index is 13.7. The normalized spacial score (nSPS) is 12.0. The highest BCUT2D eigenvalue weighted by Crippen LogP contribution is 2.34. The summed E-state index contributed by atoms with van der Waals surface area (Å²) < 4.78 is 56.8. The third-order valence-corrected chi connectivity index (χ3v) is 8.10. The average molecular weight is 511 g/mol. The van der Waals surface area contributed by atoms with Crippen LogP contribution >= 0.6 is 0 Å². The van der Waals surface area contributed by atoms with Crippen molar-refractivity contribution >= 4 is 31.3 Å². The van der Waals surface area contributed by atoms with Gasteiger partial charge in [-0.3, -0.25) is 4.79 Å². The molecule has 188 valence electrons. The summed E-state index contributed by atoms with van der Waals surface area (Å²) in [6.45, 7) is 12.8. The molecule has 8 nitrogen and oxygen atoms in total. The molecule has 0 amide bonds.